The zero-order valence-corrected chi connectivity index (χ0v) is 11.4. The Balaban J connectivity index is 2.61. The van der Waals surface area contributed by atoms with Crippen molar-refractivity contribution in [3.63, 3.8) is 0 Å². The Morgan fingerprint density at radius 3 is 2.80 bits per heavy atom. The molecule has 0 aliphatic rings. The zero-order chi connectivity index (χ0) is 15.1. The van der Waals surface area contributed by atoms with Crippen LogP contribution in [0.4, 0.5) is 10.1 Å². The highest BCUT2D eigenvalue weighted by Gasteiger charge is 2.18. The number of amides is 2. The quantitative estimate of drug-likeness (QED) is 0.516. The standard InChI is InChI=1S/C13H18FN3O3/c1-8(12(18)16-5-6-20-2)17-13(19)10-7-9(14)3-4-11(10)15/h3-4,7-8H,5-6,15H2,1-2H3,(H,16,18)(H,17,19). The molecule has 0 fully saturated rings. The van der Waals surface area contributed by atoms with Crippen LogP contribution in [-0.4, -0.2) is 38.1 Å². The average Bonchev–Trinajstić information content (AvgIpc) is 2.41. The second-order valence-corrected chi connectivity index (χ2v) is 4.21. The molecule has 0 saturated heterocycles. The largest absolute Gasteiger partial charge is 0.398 e. The molecular formula is C13H18FN3O3. The van der Waals surface area contributed by atoms with Crippen LogP contribution >= 0.6 is 0 Å². The summed E-state index contributed by atoms with van der Waals surface area (Å²) in [4.78, 5) is 23.5. The summed E-state index contributed by atoms with van der Waals surface area (Å²) in [6, 6.07) is 2.72. The Labute approximate surface area is 116 Å². The molecule has 110 valence electrons. The number of carbonyl (C=O) groups excluding carboxylic acids is 2. The van der Waals surface area contributed by atoms with Gasteiger partial charge in [0, 0.05) is 19.3 Å². The molecule has 1 aromatic rings. The molecule has 4 N–H and O–H groups in total. The van der Waals surface area contributed by atoms with Gasteiger partial charge in [0.25, 0.3) is 5.91 Å². The highest BCUT2D eigenvalue weighted by molar-refractivity contribution is 6.01. The minimum absolute atomic E-state index is 0.00143. The number of rotatable bonds is 6. The molecule has 6 nitrogen and oxygen atoms in total. The molecule has 0 saturated carbocycles. The number of halogens is 1. The molecule has 0 heterocycles. The number of nitrogens with one attached hydrogen (secondary N) is 2. The van der Waals surface area contributed by atoms with Gasteiger partial charge in [0.05, 0.1) is 12.2 Å². The van der Waals surface area contributed by atoms with Crippen LogP contribution in [0.15, 0.2) is 18.2 Å². The first-order chi connectivity index (χ1) is 9.45. The zero-order valence-electron chi connectivity index (χ0n) is 11.4. The molecule has 1 unspecified atom stereocenters. The maximum Gasteiger partial charge on any atom is 0.254 e. The number of hydrogen-bond acceptors (Lipinski definition) is 4. The van der Waals surface area contributed by atoms with Crippen molar-refractivity contribution in [1.29, 1.82) is 0 Å². The van der Waals surface area contributed by atoms with Crippen LogP contribution in [0.3, 0.4) is 0 Å². The molecule has 1 atom stereocenters. The van der Waals surface area contributed by atoms with E-state index in [9.17, 15) is 14.0 Å². The Bertz CT molecular complexity index is 494. The molecule has 1 rings (SSSR count). The van der Waals surface area contributed by atoms with Crippen LogP contribution in [0.5, 0.6) is 0 Å². The number of carbonyl (C=O) groups is 2. The summed E-state index contributed by atoms with van der Waals surface area (Å²) in [6.07, 6.45) is 0. The lowest BCUT2D eigenvalue weighted by molar-refractivity contribution is -0.122. The van der Waals surface area contributed by atoms with E-state index in [1.54, 1.807) is 0 Å². The normalized spacial score (nSPS) is 11.8. The maximum atomic E-state index is 13.1. The second kappa shape index (κ2) is 7.44. The summed E-state index contributed by atoms with van der Waals surface area (Å²) in [6.45, 7) is 2.25. The monoisotopic (exact) mass is 283 g/mol. The molecule has 2 amide bonds. The average molecular weight is 283 g/mol. The van der Waals surface area contributed by atoms with Gasteiger partial charge in [-0.05, 0) is 25.1 Å². The summed E-state index contributed by atoms with van der Waals surface area (Å²) in [5, 5.41) is 5.03. The van der Waals surface area contributed by atoms with Gasteiger partial charge >= 0.3 is 0 Å². The third-order valence-corrected chi connectivity index (χ3v) is 2.61. The lowest BCUT2D eigenvalue weighted by Gasteiger charge is -2.14. The van der Waals surface area contributed by atoms with Crippen molar-refractivity contribution in [2.45, 2.75) is 13.0 Å². The SMILES string of the molecule is COCCNC(=O)C(C)NC(=O)c1cc(F)ccc1N. The minimum Gasteiger partial charge on any atom is -0.398 e. The van der Waals surface area contributed by atoms with Crippen LogP contribution in [0.1, 0.15) is 17.3 Å². The topological polar surface area (TPSA) is 93.5 Å². The molecule has 7 heteroatoms. The van der Waals surface area contributed by atoms with E-state index in [1.165, 1.54) is 20.1 Å². The van der Waals surface area contributed by atoms with E-state index in [2.05, 4.69) is 10.6 Å². The van der Waals surface area contributed by atoms with Gasteiger partial charge in [-0.2, -0.15) is 0 Å². The van der Waals surface area contributed by atoms with Gasteiger partial charge in [-0.3, -0.25) is 9.59 Å². The van der Waals surface area contributed by atoms with Crippen molar-refractivity contribution in [2.24, 2.45) is 0 Å². The Morgan fingerprint density at radius 1 is 1.45 bits per heavy atom. The second-order valence-electron chi connectivity index (χ2n) is 4.21. The van der Waals surface area contributed by atoms with Crippen LogP contribution in [0.2, 0.25) is 0 Å². The first-order valence-corrected chi connectivity index (χ1v) is 6.08. The third-order valence-electron chi connectivity index (χ3n) is 2.61. The first-order valence-electron chi connectivity index (χ1n) is 6.08. The van der Waals surface area contributed by atoms with Crippen LogP contribution < -0.4 is 16.4 Å². The van der Waals surface area contributed by atoms with Gasteiger partial charge in [-0.1, -0.05) is 0 Å². The van der Waals surface area contributed by atoms with Crippen molar-refractivity contribution in [2.75, 3.05) is 26.0 Å². The molecule has 0 aliphatic heterocycles. The molecule has 0 bridgehead atoms. The molecule has 0 aliphatic carbocycles. The maximum absolute atomic E-state index is 13.1. The van der Waals surface area contributed by atoms with Crippen molar-refractivity contribution in [3.05, 3.63) is 29.6 Å². The van der Waals surface area contributed by atoms with Crippen molar-refractivity contribution < 1.29 is 18.7 Å². The predicted octanol–water partition coefficient (Wildman–Crippen LogP) is 0.289. The van der Waals surface area contributed by atoms with E-state index < -0.39 is 17.8 Å². The third kappa shape index (κ3) is 4.51. The van der Waals surface area contributed by atoms with E-state index in [0.717, 1.165) is 12.1 Å². The summed E-state index contributed by atoms with van der Waals surface area (Å²) >= 11 is 0. The lowest BCUT2D eigenvalue weighted by Crippen LogP contribution is -2.45. The van der Waals surface area contributed by atoms with Gasteiger partial charge in [0.1, 0.15) is 11.9 Å². The molecule has 0 radical (unpaired) electrons. The molecule has 20 heavy (non-hydrogen) atoms. The predicted molar refractivity (Wildman–Crippen MR) is 72.6 cm³/mol. The fourth-order valence-corrected chi connectivity index (χ4v) is 1.49. The molecule has 0 spiro atoms. The summed E-state index contributed by atoms with van der Waals surface area (Å²) in [5.74, 6) is -1.52. The van der Waals surface area contributed by atoms with Gasteiger partial charge in [0.15, 0.2) is 0 Å². The van der Waals surface area contributed by atoms with Crippen molar-refractivity contribution >= 4 is 17.5 Å². The minimum atomic E-state index is -0.762. The van der Waals surface area contributed by atoms with Crippen LogP contribution in [0, 0.1) is 5.82 Å². The van der Waals surface area contributed by atoms with E-state index in [1.807, 2.05) is 0 Å². The van der Waals surface area contributed by atoms with Crippen LogP contribution in [0.25, 0.3) is 0 Å². The molecular weight excluding hydrogens is 265 g/mol. The molecule has 1 aromatic carbocycles. The number of methoxy groups -OCH3 is 1. The fraction of sp³-hybridized carbons (Fsp3) is 0.385. The smallest absolute Gasteiger partial charge is 0.254 e. The summed E-state index contributed by atoms with van der Waals surface area (Å²) < 4.78 is 17.9. The summed E-state index contributed by atoms with van der Waals surface area (Å²) in [7, 11) is 1.52. The highest BCUT2D eigenvalue weighted by Crippen LogP contribution is 2.13. The number of anilines is 1. The van der Waals surface area contributed by atoms with E-state index in [4.69, 9.17) is 10.5 Å². The first kappa shape index (κ1) is 15.9. The Kier molecular flexibility index (Phi) is 5.92. The highest BCUT2D eigenvalue weighted by atomic mass is 19.1. The fourth-order valence-electron chi connectivity index (χ4n) is 1.49. The van der Waals surface area contributed by atoms with Gasteiger partial charge < -0.3 is 21.1 Å². The van der Waals surface area contributed by atoms with Crippen molar-refractivity contribution in [3.8, 4) is 0 Å². The van der Waals surface area contributed by atoms with E-state index in [-0.39, 0.29) is 17.2 Å². The number of nitrogen functional groups attached to an aromatic ring is 1. The van der Waals surface area contributed by atoms with Gasteiger partial charge in [-0.25, -0.2) is 4.39 Å². The van der Waals surface area contributed by atoms with Gasteiger partial charge in [0.2, 0.25) is 5.91 Å². The Morgan fingerprint density at radius 2 is 2.15 bits per heavy atom. The number of nitrogens with two attached hydrogens (primary N) is 1. The van der Waals surface area contributed by atoms with E-state index >= 15 is 0 Å². The lowest BCUT2D eigenvalue weighted by atomic mass is 10.1. The Hall–Kier alpha value is -2.15. The van der Waals surface area contributed by atoms with E-state index in [0.29, 0.717) is 13.2 Å². The number of ether oxygens (including phenoxy) is 1. The molecule has 0 aromatic heterocycles. The summed E-state index contributed by atoms with van der Waals surface area (Å²) in [5.41, 5.74) is 5.75. The van der Waals surface area contributed by atoms with Crippen molar-refractivity contribution in [1.82, 2.24) is 10.6 Å². The number of hydrogen-bond donors (Lipinski definition) is 3. The number of benzene rings is 1. The van der Waals surface area contributed by atoms with Gasteiger partial charge in [-0.15, -0.1) is 0 Å². The van der Waals surface area contributed by atoms with Crippen LogP contribution in [-0.2, 0) is 9.53 Å².